The van der Waals surface area contributed by atoms with Gasteiger partial charge in [0.25, 0.3) is 0 Å². The molecule has 2 rings (SSSR count). The van der Waals surface area contributed by atoms with Gasteiger partial charge in [-0.15, -0.1) is 0 Å². The molecule has 1 aromatic carbocycles. The van der Waals surface area contributed by atoms with Crippen molar-refractivity contribution >= 4 is 11.0 Å². The molecular weight excluding hydrogens is 176 g/mol. The van der Waals surface area contributed by atoms with E-state index in [-0.39, 0.29) is 0 Å². The zero-order chi connectivity index (χ0) is 9.80. The standard InChI is InChI=1S/C11H14N2O/c1-2-3-4-6-9-7-5-8-10-11(9)13-14-12-10/h5,7-8H,2-4,6H2,1H3. The van der Waals surface area contributed by atoms with E-state index in [1.54, 1.807) is 0 Å². The van der Waals surface area contributed by atoms with E-state index >= 15 is 0 Å². The highest BCUT2D eigenvalue weighted by molar-refractivity contribution is 5.76. The minimum absolute atomic E-state index is 0.860. The SMILES string of the molecule is CCCCCc1cccc2nonc12. The Bertz CT molecular complexity index is 408. The first kappa shape index (κ1) is 9.19. The molecule has 0 aliphatic carbocycles. The summed E-state index contributed by atoms with van der Waals surface area (Å²) in [7, 11) is 0. The van der Waals surface area contributed by atoms with E-state index in [0.717, 1.165) is 17.5 Å². The Morgan fingerprint density at radius 3 is 3.00 bits per heavy atom. The van der Waals surface area contributed by atoms with Crippen LogP contribution in [-0.4, -0.2) is 10.3 Å². The number of nitrogens with zero attached hydrogens (tertiary/aromatic N) is 2. The molecule has 3 nitrogen and oxygen atoms in total. The fourth-order valence-corrected chi connectivity index (χ4v) is 1.63. The summed E-state index contributed by atoms with van der Waals surface area (Å²) in [5, 5.41) is 7.73. The van der Waals surface area contributed by atoms with Gasteiger partial charge in [0.05, 0.1) is 0 Å². The van der Waals surface area contributed by atoms with Gasteiger partial charge in [0, 0.05) is 0 Å². The first-order valence-electron chi connectivity index (χ1n) is 5.12. The Balaban J connectivity index is 2.19. The van der Waals surface area contributed by atoms with Crippen LogP contribution in [-0.2, 0) is 6.42 Å². The molecule has 0 bridgehead atoms. The number of aromatic nitrogens is 2. The van der Waals surface area contributed by atoms with Crippen molar-refractivity contribution in [3.05, 3.63) is 23.8 Å². The van der Waals surface area contributed by atoms with Gasteiger partial charge in [0.2, 0.25) is 0 Å². The highest BCUT2D eigenvalue weighted by Crippen LogP contribution is 2.16. The fourth-order valence-electron chi connectivity index (χ4n) is 1.63. The van der Waals surface area contributed by atoms with Gasteiger partial charge in [-0.25, -0.2) is 4.63 Å². The van der Waals surface area contributed by atoms with E-state index in [2.05, 4.69) is 23.3 Å². The van der Waals surface area contributed by atoms with Gasteiger partial charge < -0.3 is 0 Å². The van der Waals surface area contributed by atoms with Crippen LogP contribution in [0.5, 0.6) is 0 Å². The molecule has 2 aromatic rings. The molecule has 0 spiro atoms. The summed E-state index contributed by atoms with van der Waals surface area (Å²) in [6.45, 7) is 2.21. The van der Waals surface area contributed by atoms with E-state index in [0.29, 0.717) is 0 Å². The molecule has 1 heterocycles. The molecule has 3 heteroatoms. The first-order valence-corrected chi connectivity index (χ1v) is 5.12. The normalized spacial score (nSPS) is 10.9. The highest BCUT2D eigenvalue weighted by Gasteiger charge is 2.04. The second-order valence-corrected chi connectivity index (χ2v) is 3.51. The predicted molar refractivity (Wildman–Crippen MR) is 55.0 cm³/mol. The largest absolute Gasteiger partial charge is 0.243 e. The smallest absolute Gasteiger partial charge is 0.138 e. The predicted octanol–water partition coefficient (Wildman–Crippen LogP) is 2.96. The van der Waals surface area contributed by atoms with Crippen LogP contribution in [0.15, 0.2) is 22.8 Å². The van der Waals surface area contributed by atoms with E-state index in [9.17, 15) is 0 Å². The molecule has 0 atom stereocenters. The molecule has 0 amide bonds. The van der Waals surface area contributed by atoms with E-state index in [4.69, 9.17) is 4.63 Å². The maximum atomic E-state index is 4.71. The molecular formula is C11H14N2O. The van der Waals surface area contributed by atoms with Crippen LogP contribution in [0.3, 0.4) is 0 Å². The second-order valence-electron chi connectivity index (χ2n) is 3.51. The molecule has 0 unspecified atom stereocenters. The number of unbranched alkanes of at least 4 members (excludes halogenated alkanes) is 2. The Labute approximate surface area is 83.1 Å². The third-order valence-electron chi connectivity index (χ3n) is 2.42. The number of fused-ring (bicyclic) bond motifs is 1. The lowest BCUT2D eigenvalue weighted by Gasteiger charge is -1.99. The van der Waals surface area contributed by atoms with Crippen molar-refractivity contribution in [2.45, 2.75) is 32.6 Å². The van der Waals surface area contributed by atoms with Crippen molar-refractivity contribution < 1.29 is 4.63 Å². The third kappa shape index (κ3) is 1.76. The van der Waals surface area contributed by atoms with Gasteiger partial charge in [-0.3, -0.25) is 0 Å². The van der Waals surface area contributed by atoms with Crippen molar-refractivity contribution in [1.29, 1.82) is 0 Å². The Hall–Kier alpha value is -1.38. The average molecular weight is 190 g/mol. The molecule has 74 valence electrons. The van der Waals surface area contributed by atoms with Crippen LogP contribution in [0.4, 0.5) is 0 Å². The Morgan fingerprint density at radius 2 is 2.14 bits per heavy atom. The van der Waals surface area contributed by atoms with Crippen LogP contribution < -0.4 is 0 Å². The van der Waals surface area contributed by atoms with Crippen molar-refractivity contribution in [1.82, 2.24) is 10.3 Å². The van der Waals surface area contributed by atoms with Crippen LogP contribution in [0.25, 0.3) is 11.0 Å². The molecule has 0 N–H and O–H groups in total. The highest BCUT2D eigenvalue weighted by atomic mass is 16.6. The summed E-state index contributed by atoms with van der Waals surface area (Å²) >= 11 is 0. The monoisotopic (exact) mass is 190 g/mol. The fraction of sp³-hybridized carbons (Fsp3) is 0.455. The van der Waals surface area contributed by atoms with Crippen molar-refractivity contribution in [2.75, 3.05) is 0 Å². The minimum atomic E-state index is 0.860. The zero-order valence-corrected chi connectivity index (χ0v) is 8.36. The van der Waals surface area contributed by atoms with Crippen molar-refractivity contribution in [3.63, 3.8) is 0 Å². The second kappa shape index (κ2) is 4.22. The molecule has 0 aliphatic heterocycles. The molecule has 1 aromatic heterocycles. The molecule has 0 radical (unpaired) electrons. The Kier molecular flexibility index (Phi) is 2.77. The lowest BCUT2D eigenvalue weighted by Crippen LogP contribution is -1.87. The van der Waals surface area contributed by atoms with Crippen molar-refractivity contribution in [3.8, 4) is 0 Å². The van der Waals surface area contributed by atoms with Crippen LogP contribution in [0.1, 0.15) is 31.7 Å². The van der Waals surface area contributed by atoms with Gasteiger partial charge in [-0.05, 0) is 34.8 Å². The molecule has 14 heavy (non-hydrogen) atoms. The molecule has 0 fully saturated rings. The zero-order valence-electron chi connectivity index (χ0n) is 8.36. The summed E-state index contributed by atoms with van der Waals surface area (Å²) in [6, 6.07) is 6.03. The van der Waals surface area contributed by atoms with Crippen LogP contribution in [0, 0.1) is 0 Å². The maximum absolute atomic E-state index is 4.71. The summed E-state index contributed by atoms with van der Waals surface area (Å²) in [5.74, 6) is 0. The number of hydrogen-bond donors (Lipinski definition) is 0. The van der Waals surface area contributed by atoms with Gasteiger partial charge in [-0.2, -0.15) is 0 Å². The molecule has 0 saturated carbocycles. The molecule has 0 aliphatic rings. The summed E-state index contributed by atoms with van der Waals surface area (Å²) in [5.41, 5.74) is 3.03. The quantitative estimate of drug-likeness (QED) is 0.696. The Morgan fingerprint density at radius 1 is 1.21 bits per heavy atom. The van der Waals surface area contributed by atoms with Crippen LogP contribution in [0.2, 0.25) is 0 Å². The topological polar surface area (TPSA) is 38.9 Å². The van der Waals surface area contributed by atoms with Gasteiger partial charge in [-0.1, -0.05) is 31.9 Å². The van der Waals surface area contributed by atoms with Crippen molar-refractivity contribution in [2.24, 2.45) is 0 Å². The van der Waals surface area contributed by atoms with Crippen LogP contribution >= 0.6 is 0 Å². The summed E-state index contributed by atoms with van der Waals surface area (Å²) in [4.78, 5) is 0. The third-order valence-corrected chi connectivity index (χ3v) is 2.42. The average Bonchev–Trinajstić information content (AvgIpc) is 2.67. The van der Waals surface area contributed by atoms with Gasteiger partial charge in [0.15, 0.2) is 0 Å². The van der Waals surface area contributed by atoms with Gasteiger partial charge >= 0.3 is 0 Å². The lowest BCUT2D eigenvalue weighted by molar-refractivity contribution is 0.315. The number of rotatable bonds is 4. The maximum Gasteiger partial charge on any atom is 0.138 e. The summed E-state index contributed by atoms with van der Waals surface area (Å²) in [6.07, 6.45) is 4.79. The first-order chi connectivity index (χ1) is 6.92. The van der Waals surface area contributed by atoms with E-state index in [1.165, 1.54) is 24.8 Å². The number of benzene rings is 1. The van der Waals surface area contributed by atoms with Gasteiger partial charge in [0.1, 0.15) is 11.0 Å². The number of hydrogen-bond acceptors (Lipinski definition) is 3. The minimum Gasteiger partial charge on any atom is -0.243 e. The van der Waals surface area contributed by atoms with E-state index in [1.807, 2.05) is 12.1 Å². The summed E-state index contributed by atoms with van der Waals surface area (Å²) < 4.78 is 4.71. The lowest BCUT2D eigenvalue weighted by atomic mass is 10.1. The van der Waals surface area contributed by atoms with E-state index < -0.39 is 0 Å². The molecule has 0 saturated heterocycles. The number of aryl methyl sites for hydroxylation is 1.